The van der Waals surface area contributed by atoms with Crippen LogP contribution in [0, 0.1) is 0 Å². The van der Waals surface area contributed by atoms with E-state index in [1.807, 2.05) is 6.92 Å². The number of halogens is 1. The Hall–Kier alpha value is -1.43. The highest BCUT2D eigenvalue weighted by molar-refractivity contribution is 9.10. The Morgan fingerprint density at radius 3 is 2.48 bits per heavy atom. The highest BCUT2D eigenvalue weighted by atomic mass is 79.9. The first-order valence-corrected chi connectivity index (χ1v) is 8.99. The van der Waals surface area contributed by atoms with E-state index in [-0.39, 0.29) is 11.5 Å². The molecule has 0 amide bonds. The van der Waals surface area contributed by atoms with Crippen LogP contribution in [-0.2, 0) is 6.42 Å². The van der Waals surface area contributed by atoms with Crippen LogP contribution in [0.1, 0.15) is 57.9 Å². The summed E-state index contributed by atoms with van der Waals surface area (Å²) in [6.07, 6.45) is 6.56. The Morgan fingerprint density at radius 2 is 1.87 bits per heavy atom. The molecule has 0 saturated carbocycles. The van der Waals surface area contributed by atoms with Gasteiger partial charge in [0, 0.05) is 6.54 Å². The molecule has 1 aromatic rings. The van der Waals surface area contributed by atoms with Crippen LogP contribution in [-0.4, -0.2) is 22.9 Å². The second kappa shape index (κ2) is 10.4. The quantitative estimate of drug-likeness (QED) is 0.278. The number of unbranched alkanes of at least 4 members (excludes halogenated alkanes) is 5. The number of nitrogens with one attached hydrogen (secondary N) is 1. The molecule has 1 rings (SSSR count). The van der Waals surface area contributed by atoms with E-state index < -0.39 is 6.16 Å². The van der Waals surface area contributed by atoms with E-state index in [2.05, 4.69) is 32.9 Å². The zero-order valence-electron chi connectivity index (χ0n) is 13.8. The molecule has 130 valence electrons. The zero-order chi connectivity index (χ0) is 17.2. The number of anilines is 1. The minimum absolute atomic E-state index is 0.0497. The predicted molar refractivity (Wildman–Crippen MR) is 95.7 cm³/mol. The van der Waals surface area contributed by atoms with Crippen LogP contribution in [0.3, 0.4) is 0 Å². The number of ether oxygens (including phenoxy) is 1. The molecule has 0 unspecified atom stereocenters. The third kappa shape index (κ3) is 6.29. The van der Waals surface area contributed by atoms with Gasteiger partial charge in [0.1, 0.15) is 0 Å². The van der Waals surface area contributed by atoms with E-state index in [0.29, 0.717) is 10.9 Å². The highest BCUT2D eigenvalue weighted by Crippen LogP contribution is 2.42. The smallest absolute Gasteiger partial charge is 0.503 e. The number of rotatable bonds is 10. The molecule has 0 aliphatic carbocycles. The molecule has 0 fully saturated rings. The summed E-state index contributed by atoms with van der Waals surface area (Å²) in [6.45, 7) is 4.99. The standard InChI is InChI=1S/C17H26BrNO4/c1-3-5-6-7-8-9-10-19-15-12(4-2)11-13(23-17(21)22)16(20)14(15)18/h11,19-20H,3-10H2,1-2H3,(H,21,22). The Morgan fingerprint density at radius 1 is 1.22 bits per heavy atom. The molecule has 0 aliphatic heterocycles. The van der Waals surface area contributed by atoms with Gasteiger partial charge in [-0.25, -0.2) is 4.79 Å². The lowest BCUT2D eigenvalue weighted by Gasteiger charge is -2.16. The van der Waals surface area contributed by atoms with Crippen molar-refractivity contribution in [3.05, 3.63) is 16.1 Å². The second-order valence-electron chi connectivity index (χ2n) is 5.49. The average molecular weight is 388 g/mol. The molecule has 1 aromatic carbocycles. The van der Waals surface area contributed by atoms with Crippen LogP contribution < -0.4 is 10.1 Å². The number of aromatic hydroxyl groups is 1. The van der Waals surface area contributed by atoms with Crippen LogP contribution in [0.4, 0.5) is 10.5 Å². The fraction of sp³-hybridized carbons (Fsp3) is 0.588. The molecule has 0 bridgehead atoms. The SMILES string of the molecule is CCCCCCCCNc1c(CC)cc(OC(=O)O)c(O)c1Br. The molecule has 3 N–H and O–H groups in total. The number of hydrogen-bond acceptors (Lipinski definition) is 4. The number of phenolic OH excluding ortho intramolecular Hbond substituents is 1. The van der Waals surface area contributed by atoms with Gasteiger partial charge in [-0.2, -0.15) is 0 Å². The lowest BCUT2D eigenvalue weighted by atomic mass is 10.1. The Kier molecular flexibility index (Phi) is 8.84. The van der Waals surface area contributed by atoms with E-state index >= 15 is 0 Å². The molecule has 6 heteroatoms. The van der Waals surface area contributed by atoms with E-state index in [4.69, 9.17) is 5.11 Å². The van der Waals surface area contributed by atoms with Crippen molar-refractivity contribution in [2.45, 2.75) is 58.8 Å². The van der Waals surface area contributed by atoms with Crippen LogP contribution in [0.15, 0.2) is 10.5 Å². The molecule has 0 radical (unpaired) electrons. The van der Waals surface area contributed by atoms with Gasteiger partial charge in [-0.05, 0) is 40.4 Å². The minimum Gasteiger partial charge on any atom is -0.503 e. The monoisotopic (exact) mass is 387 g/mol. The van der Waals surface area contributed by atoms with Gasteiger partial charge in [0.2, 0.25) is 0 Å². The molecule has 0 saturated heterocycles. The summed E-state index contributed by atoms with van der Waals surface area (Å²) in [5, 5.41) is 22.1. The zero-order valence-corrected chi connectivity index (χ0v) is 15.4. The summed E-state index contributed by atoms with van der Waals surface area (Å²) in [4.78, 5) is 10.7. The maximum absolute atomic E-state index is 10.7. The summed E-state index contributed by atoms with van der Waals surface area (Å²) in [5.74, 6) is -0.249. The van der Waals surface area contributed by atoms with E-state index in [1.165, 1.54) is 32.1 Å². The first-order valence-electron chi connectivity index (χ1n) is 8.20. The molecular formula is C17H26BrNO4. The normalized spacial score (nSPS) is 10.6. The van der Waals surface area contributed by atoms with Gasteiger partial charge >= 0.3 is 6.16 Å². The maximum Gasteiger partial charge on any atom is 0.511 e. The largest absolute Gasteiger partial charge is 0.511 e. The van der Waals surface area contributed by atoms with E-state index in [0.717, 1.165) is 24.2 Å². The van der Waals surface area contributed by atoms with Crippen LogP contribution in [0.2, 0.25) is 0 Å². The molecular weight excluding hydrogens is 362 g/mol. The molecule has 0 atom stereocenters. The maximum atomic E-state index is 10.7. The molecule has 0 aliphatic rings. The third-order valence-corrected chi connectivity index (χ3v) is 4.47. The van der Waals surface area contributed by atoms with Crippen LogP contribution in [0.5, 0.6) is 11.5 Å². The van der Waals surface area contributed by atoms with Gasteiger partial charge in [0.15, 0.2) is 11.5 Å². The number of aryl methyl sites for hydroxylation is 1. The summed E-state index contributed by atoms with van der Waals surface area (Å²) in [6, 6.07) is 1.57. The van der Waals surface area contributed by atoms with Crippen LogP contribution >= 0.6 is 15.9 Å². The minimum atomic E-state index is -1.44. The van der Waals surface area contributed by atoms with Crippen molar-refractivity contribution >= 4 is 27.8 Å². The Labute approximate surface area is 146 Å². The van der Waals surface area contributed by atoms with Crippen LogP contribution in [0.25, 0.3) is 0 Å². The first kappa shape index (κ1) is 19.6. The van der Waals surface area contributed by atoms with Crippen molar-refractivity contribution in [1.82, 2.24) is 0 Å². The molecule has 0 aromatic heterocycles. The second-order valence-corrected chi connectivity index (χ2v) is 6.28. The third-order valence-electron chi connectivity index (χ3n) is 3.70. The van der Waals surface area contributed by atoms with Crippen molar-refractivity contribution in [3.8, 4) is 11.5 Å². The summed E-state index contributed by atoms with van der Waals surface area (Å²) < 4.78 is 5.06. The van der Waals surface area contributed by atoms with Gasteiger partial charge in [0.05, 0.1) is 10.2 Å². The first-order chi connectivity index (χ1) is 11.0. The fourth-order valence-corrected chi connectivity index (χ4v) is 3.02. The van der Waals surface area contributed by atoms with Gasteiger partial charge in [-0.1, -0.05) is 46.0 Å². The Balaban J connectivity index is 2.67. The number of phenols is 1. The molecule has 0 spiro atoms. The van der Waals surface area contributed by atoms with Crippen molar-refractivity contribution in [1.29, 1.82) is 0 Å². The summed E-state index contributed by atoms with van der Waals surface area (Å²) in [5.41, 5.74) is 1.70. The lowest BCUT2D eigenvalue weighted by Crippen LogP contribution is -2.08. The van der Waals surface area contributed by atoms with Gasteiger partial charge in [-0.15, -0.1) is 0 Å². The number of carbonyl (C=O) groups is 1. The summed E-state index contributed by atoms with van der Waals surface area (Å²) in [7, 11) is 0. The topological polar surface area (TPSA) is 78.8 Å². The summed E-state index contributed by atoms with van der Waals surface area (Å²) >= 11 is 3.33. The lowest BCUT2D eigenvalue weighted by molar-refractivity contribution is 0.143. The van der Waals surface area contributed by atoms with Crippen molar-refractivity contribution < 1.29 is 19.7 Å². The van der Waals surface area contributed by atoms with Crippen molar-refractivity contribution in [2.75, 3.05) is 11.9 Å². The molecule has 5 nitrogen and oxygen atoms in total. The molecule has 0 heterocycles. The number of hydrogen-bond donors (Lipinski definition) is 3. The van der Waals surface area contributed by atoms with Gasteiger partial charge in [0.25, 0.3) is 0 Å². The molecule has 23 heavy (non-hydrogen) atoms. The van der Waals surface area contributed by atoms with Crippen molar-refractivity contribution in [2.24, 2.45) is 0 Å². The average Bonchev–Trinajstić information content (AvgIpc) is 2.52. The van der Waals surface area contributed by atoms with E-state index in [9.17, 15) is 9.90 Å². The number of carboxylic acid groups (broad SMARTS) is 1. The van der Waals surface area contributed by atoms with Gasteiger partial charge in [-0.3, -0.25) is 0 Å². The van der Waals surface area contributed by atoms with E-state index in [1.54, 1.807) is 6.07 Å². The highest BCUT2D eigenvalue weighted by Gasteiger charge is 2.17. The van der Waals surface area contributed by atoms with Gasteiger partial charge < -0.3 is 20.3 Å². The number of benzene rings is 1. The Bertz CT molecular complexity index is 520. The van der Waals surface area contributed by atoms with Crippen molar-refractivity contribution in [3.63, 3.8) is 0 Å². The fourth-order valence-electron chi connectivity index (χ4n) is 2.43. The predicted octanol–water partition coefficient (Wildman–Crippen LogP) is 5.55.